The van der Waals surface area contributed by atoms with Gasteiger partial charge in [-0.15, -0.1) is 0 Å². The van der Waals surface area contributed by atoms with Crippen molar-refractivity contribution in [3.63, 3.8) is 0 Å². The largest absolute Gasteiger partial charge is 0.338 e. The van der Waals surface area contributed by atoms with E-state index in [1.807, 2.05) is 0 Å². The van der Waals surface area contributed by atoms with Crippen LogP contribution in [0, 0.1) is 0 Å². The van der Waals surface area contributed by atoms with Gasteiger partial charge in [-0.3, -0.25) is 9.79 Å². The number of hydrogen-bond donors (Lipinski definition) is 3. The molecule has 0 aromatic carbocycles. The van der Waals surface area contributed by atoms with Crippen molar-refractivity contribution >= 4 is 28.9 Å². The first-order chi connectivity index (χ1) is 10.2. The van der Waals surface area contributed by atoms with E-state index in [2.05, 4.69) is 20.9 Å². The van der Waals surface area contributed by atoms with Crippen molar-refractivity contribution in [2.45, 2.75) is 51.0 Å². The monoisotopic (exact) mass is 312 g/mol. The Morgan fingerprint density at radius 3 is 2.76 bits per heavy atom. The highest BCUT2D eigenvalue weighted by molar-refractivity contribution is 8.14. The molecule has 0 unspecified atom stereocenters. The number of nitrogens with zero attached hydrogens (tertiary/aromatic N) is 1. The molecule has 0 radical (unpaired) electrons. The Balaban J connectivity index is 1.50. The van der Waals surface area contributed by atoms with Crippen LogP contribution in [0.1, 0.15) is 44.9 Å². The van der Waals surface area contributed by atoms with E-state index < -0.39 is 0 Å². The van der Waals surface area contributed by atoms with Crippen LogP contribution in [0.4, 0.5) is 4.79 Å². The molecule has 3 N–H and O–H groups in total. The number of carbonyl (C=O) groups is 2. The van der Waals surface area contributed by atoms with Gasteiger partial charge in [0.25, 0.3) is 0 Å². The van der Waals surface area contributed by atoms with E-state index in [0.717, 1.165) is 30.3 Å². The molecule has 1 aliphatic heterocycles. The summed E-state index contributed by atoms with van der Waals surface area (Å²) in [5.41, 5.74) is 0. The highest BCUT2D eigenvalue weighted by atomic mass is 32.2. The Hall–Kier alpha value is -1.24. The van der Waals surface area contributed by atoms with Gasteiger partial charge in [-0.05, 0) is 19.3 Å². The molecule has 3 amide bonds. The Kier molecular flexibility index (Phi) is 6.85. The van der Waals surface area contributed by atoms with Crippen molar-refractivity contribution < 1.29 is 9.59 Å². The van der Waals surface area contributed by atoms with Crippen LogP contribution >= 0.6 is 11.8 Å². The molecule has 2 aliphatic rings. The highest BCUT2D eigenvalue weighted by Gasteiger charge is 2.15. The van der Waals surface area contributed by atoms with Crippen molar-refractivity contribution in [1.82, 2.24) is 16.0 Å². The predicted octanol–water partition coefficient (Wildman–Crippen LogP) is 1.62. The number of amidine groups is 1. The molecule has 118 valence electrons. The molecule has 0 aromatic heterocycles. The SMILES string of the molecule is O=C(CCCNC(=O)NC1CCCCC1)NC1=NCCS1. The third-order valence-corrected chi connectivity index (χ3v) is 4.53. The fourth-order valence-electron chi connectivity index (χ4n) is 2.53. The maximum Gasteiger partial charge on any atom is 0.315 e. The van der Waals surface area contributed by atoms with Crippen molar-refractivity contribution in [3.05, 3.63) is 0 Å². The smallest absolute Gasteiger partial charge is 0.315 e. The van der Waals surface area contributed by atoms with Gasteiger partial charge in [-0.1, -0.05) is 31.0 Å². The molecule has 1 saturated carbocycles. The molecule has 21 heavy (non-hydrogen) atoms. The average Bonchev–Trinajstić information content (AvgIpc) is 2.97. The second-order valence-corrected chi connectivity index (χ2v) is 6.51. The molecule has 1 aliphatic carbocycles. The Morgan fingerprint density at radius 1 is 1.24 bits per heavy atom. The molecule has 0 bridgehead atoms. The van der Waals surface area contributed by atoms with Crippen LogP contribution in [-0.4, -0.2) is 42.0 Å². The average molecular weight is 312 g/mol. The summed E-state index contributed by atoms with van der Waals surface area (Å²) in [5, 5.41) is 9.31. The van der Waals surface area contributed by atoms with Gasteiger partial charge in [0, 0.05) is 24.8 Å². The molecular weight excluding hydrogens is 288 g/mol. The second-order valence-electron chi connectivity index (χ2n) is 5.42. The highest BCUT2D eigenvalue weighted by Crippen LogP contribution is 2.17. The van der Waals surface area contributed by atoms with Gasteiger partial charge >= 0.3 is 6.03 Å². The first kappa shape index (κ1) is 16.1. The summed E-state index contributed by atoms with van der Waals surface area (Å²) < 4.78 is 0. The molecule has 1 heterocycles. The predicted molar refractivity (Wildman–Crippen MR) is 85.5 cm³/mol. The van der Waals surface area contributed by atoms with Crippen molar-refractivity contribution in [1.29, 1.82) is 0 Å². The van der Waals surface area contributed by atoms with E-state index in [-0.39, 0.29) is 11.9 Å². The summed E-state index contributed by atoms with van der Waals surface area (Å²) in [7, 11) is 0. The molecule has 0 aromatic rings. The summed E-state index contributed by atoms with van der Waals surface area (Å²) in [5.74, 6) is 0.913. The minimum absolute atomic E-state index is 0.0300. The number of nitrogens with one attached hydrogen (secondary N) is 3. The summed E-state index contributed by atoms with van der Waals surface area (Å²) in [6, 6.07) is 0.206. The standard InChI is InChI=1S/C14H24N4O2S/c19-12(18-14-16-9-10-21-14)7-4-8-15-13(20)17-11-5-2-1-3-6-11/h11H,1-10H2,(H2,15,17,20)(H,16,18,19). The number of rotatable bonds is 5. The summed E-state index contributed by atoms with van der Waals surface area (Å²) in [6.45, 7) is 1.30. The van der Waals surface area contributed by atoms with Crippen LogP contribution in [0.15, 0.2) is 4.99 Å². The van der Waals surface area contributed by atoms with Gasteiger partial charge in [-0.25, -0.2) is 4.79 Å². The molecule has 1 fully saturated rings. The van der Waals surface area contributed by atoms with E-state index >= 15 is 0 Å². The lowest BCUT2D eigenvalue weighted by molar-refractivity contribution is -0.119. The third kappa shape index (κ3) is 6.37. The summed E-state index contributed by atoms with van der Waals surface area (Å²) in [4.78, 5) is 27.5. The van der Waals surface area contributed by atoms with E-state index in [0.29, 0.717) is 25.4 Å². The molecule has 2 rings (SSSR count). The van der Waals surface area contributed by atoms with Crippen molar-refractivity contribution in [2.75, 3.05) is 18.8 Å². The van der Waals surface area contributed by atoms with Gasteiger partial charge in [-0.2, -0.15) is 0 Å². The third-order valence-electron chi connectivity index (χ3n) is 3.64. The second kappa shape index (κ2) is 8.92. The zero-order valence-corrected chi connectivity index (χ0v) is 13.1. The van der Waals surface area contributed by atoms with Gasteiger partial charge < -0.3 is 16.0 Å². The quantitative estimate of drug-likeness (QED) is 0.675. The van der Waals surface area contributed by atoms with Gasteiger partial charge in [0.05, 0.1) is 6.54 Å². The van der Waals surface area contributed by atoms with Crippen molar-refractivity contribution in [3.8, 4) is 0 Å². The summed E-state index contributed by atoms with van der Waals surface area (Å²) >= 11 is 1.57. The van der Waals surface area contributed by atoms with E-state index in [1.54, 1.807) is 11.8 Å². The normalized spacial score (nSPS) is 19.0. The molecular formula is C14H24N4O2S. The maximum absolute atomic E-state index is 11.7. The van der Waals surface area contributed by atoms with Crippen LogP contribution in [0.25, 0.3) is 0 Å². The topological polar surface area (TPSA) is 82.6 Å². The lowest BCUT2D eigenvalue weighted by Gasteiger charge is -2.22. The van der Waals surface area contributed by atoms with Crippen LogP contribution in [0.5, 0.6) is 0 Å². The van der Waals surface area contributed by atoms with E-state index in [1.165, 1.54) is 19.3 Å². The lowest BCUT2D eigenvalue weighted by atomic mass is 9.96. The minimum Gasteiger partial charge on any atom is -0.338 e. The van der Waals surface area contributed by atoms with Crippen molar-refractivity contribution in [2.24, 2.45) is 4.99 Å². The maximum atomic E-state index is 11.7. The van der Waals surface area contributed by atoms with Gasteiger partial charge in [0.2, 0.25) is 5.91 Å². The van der Waals surface area contributed by atoms with Crippen LogP contribution in [0.3, 0.4) is 0 Å². The Bertz CT molecular complexity index is 394. The van der Waals surface area contributed by atoms with E-state index in [4.69, 9.17) is 0 Å². The first-order valence-corrected chi connectivity index (χ1v) is 8.74. The summed E-state index contributed by atoms with van der Waals surface area (Å²) in [6.07, 6.45) is 6.88. The number of hydrogen-bond acceptors (Lipinski definition) is 4. The molecule has 0 saturated heterocycles. The zero-order chi connectivity index (χ0) is 14.9. The molecule has 7 heteroatoms. The van der Waals surface area contributed by atoms with E-state index in [9.17, 15) is 9.59 Å². The molecule has 0 atom stereocenters. The number of thioether (sulfide) groups is 1. The minimum atomic E-state index is -0.113. The lowest BCUT2D eigenvalue weighted by Crippen LogP contribution is -2.43. The zero-order valence-electron chi connectivity index (χ0n) is 12.3. The molecule has 0 spiro atoms. The number of carbonyl (C=O) groups excluding carboxylic acids is 2. The Labute approximate surface area is 129 Å². The fraction of sp³-hybridized carbons (Fsp3) is 0.786. The number of amides is 3. The fourth-order valence-corrected chi connectivity index (χ4v) is 3.27. The Morgan fingerprint density at radius 2 is 2.05 bits per heavy atom. The van der Waals surface area contributed by atoms with Crippen LogP contribution in [-0.2, 0) is 4.79 Å². The number of aliphatic imine (C=N–C) groups is 1. The first-order valence-electron chi connectivity index (χ1n) is 7.75. The van der Waals surface area contributed by atoms with Gasteiger partial charge in [0.15, 0.2) is 5.17 Å². The van der Waals surface area contributed by atoms with Crippen LogP contribution < -0.4 is 16.0 Å². The molecule has 6 nitrogen and oxygen atoms in total. The van der Waals surface area contributed by atoms with Crippen LogP contribution in [0.2, 0.25) is 0 Å². The number of urea groups is 1. The van der Waals surface area contributed by atoms with Gasteiger partial charge in [0.1, 0.15) is 0 Å².